The quantitative estimate of drug-likeness (QED) is 0.374. The second-order valence-electron chi connectivity index (χ2n) is 6.50. The van der Waals surface area contributed by atoms with E-state index in [1.165, 1.54) is 41.6 Å². The van der Waals surface area contributed by atoms with Crippen LogP contribution in [0.2, 0.25) is 0 Å². The number of carbonyl (C=O) groups excluding carboxylic acids is 2. The molecule has 1 heterocycles. The van der Waals surface area contributed by atoms with Crippen molar-refractivity contribution in [2.24, 2.45) is 10.1 Å². The molecule has 1 amide bonds. The van der Waals surface area contributed by atoms with Crippen LogP contribution < -0.4 is 14.7 Å². The fraction of sp³-hybridized carbons (Fsp3) is 0.250. The highest BCUT2D eigenvalue weighted by Crippen LogP contribution is 2.23. The van der Waals surface area contributed by atoms with Gasteiger partial charge in [0.05, 0.1) is 29.3 Å². The van der Waals surface area contributed by atoms with Gasteiger partial charge in [0.15, 0.2) is 4.80 Å². The van der Waals surface area contributed by atoms with Crippen LogP contribution in [0.5, 0.6) is 5.75 Å². The number of fused-ring (bicyclic) bond motifs is 1. The van der Waals surface area contributed by atoms with E-state index in [2.05, 4.69) is 4.99 Å². The van der Waals surface area contributed by atoms with Crippen LogP contribution in [0, 0.1) is 0 Å². The lowest BCUT2D eigenvalue weighted by Crippen LogP contribution is -2.22. The van der Waals surface area contributed by atoms with Gasteiger partial charge in [-0.3, -0.25) is 9.59 Å². The monoisotopic (exact) mass is 495 g/mol. The second kappa shape index (κ2) is 10.3. The largest absolute Gasteiger partial charge is 0.497 e. The Balaban J connectivity index is 1.84. The van der Waals surface area contributed by atoms with E-state index in [0.29, 0.717) is 16.0 Å². The van der Waals surface area contributed by atoms with Crippen LogP contribution in [0.4, 0.5) is 0 Å². The Kier molecular flexibility index (Phi) is 7.72. The zero-order chi connectivity index (χ0) is 23.3. The summed E-state index contributed by atoms with van der Waals surface area (Å²) in [6.45, 7) is -0.169. The Bertz CT molecular complexity index is 1310. The third kappa shape index (κ3) is 5.97. The topological polar surface area (TPSA) is 130 Å². The Morgan fingerprint density at radius 2 is 1.88 bits per heavy atom. The molecular weight excluding hydrogens is 474 g/mol. The van der Waals surface area contributed by atoms with Crippen molar-refractivity contribution in [3.8, 4) is 5.75 Å². The maximum absolute atomic E-state index is 12.5. The molecule has 32 heavy (non-hydrogen) atoms. The van der Waals surface area contributed by atoms with Crippen molar-refractivity contribution < 1.29 is 27.5 Å². The number of esters is 1. The first kappa shape index (κ1) is 24.0. The van der Waals surface area contributed by atoms with Crippen molar-refractivity contribution in [1.82, 2.24) is 4.57 Å². The minimum Gasteiger partial charge on any atom is -0.497 e. The second-order valence-corrected chi connectivity index (χ2v) is 10.2. The van der Waals surface area contributed by atoms with Gasteiger partial charge in [-0.15, -0.1) is 11.8 Å². The number of thiazole rings is 1. The van der Waals surface area contributed by atoms with Gasteiger partial charge in [-0.05, 0) is 42.5 Å². The zero-order valence-electron chi connectivity index (χ0n) is 17.3. The molecule has 0 fully saturated rings. The number of nitrogens with zero attached hydrogens (tertiary/aromatic N) is 2. The number of methoxy groups -OCH3 is 2. The molecule has 0 unspecified atom stereocenters. The molecule has 2 N–H and O–H groups in total. The number of nitrogens with two attached hydrogens (primary N) is 1. The van der Waals surface area contributed by atoms with E-state index >= 15 is 0 Å². The predicted molar refractivity (Wildman–Crippen MR) is 122 cm³/mol. The molecule has 3 aromatic rings. The van der Waals surface area contributed by atoms with E-state index in [9.17, 15) is 18.0 Å². The summed E-state index contributed by atoms with van der Waals surface area (Å²) in [4.78, 5) is 29.7. The maximum atomic E-state index is 12.5. The minimum absolute atomic E-state index is 0.0646. The van der Waals surface area contributed by atoms with Crippen LogP contribution in [0.3, 0.4) is 0 Å². The molecule has 0 aliphatic heterocycles. The molecule has 1 aromatic heterocycles. The fourth-order valence-corrected chi connectivity index (χ4v) is 5.29. The molecule has 0 aliphatic carbocycles. The number of sulfonamides is 1. The standard InChI is InChI=1S/C20H21N3O6S3/c1-28-13-3-5-14(6-4-13)30-10-9-18(24)22-20-23(12-19(25)29-2)16-8-7-15(32(21,26)27)11-17(16)31-20/h3-8,11H,9-10,12H2,1-2H3,(H2,21,26,27). The lowest BCUT2D eigenvalue weighted by atomic mass is 10.3. The Morgan fingerprint density at radius 1 is 1.16 bits per heavy atom. The number of rotatable bonds is 8. The summed E-state index contributed by atoms with van der Waals surface area (Å²) in [5, 5.41) is 5.20. The maximum Gasteiger partial charge on any atom is 0.325 e. The first-order valence-corrected chi connectivity index (χ1v) is 12.6. The Hall–Kier alpha value is -2.67. The summed E-state index contributed by atoms with van der Waals surface area (Å²) < 4.78 is 35.2. The lowest BCUT2D eigenvalue weighted by Gasteiger charge is -2.04. The van der Waals surface area contributed by atoms with E-state index in [1.807, 2.05) is 24.3 Å². The first-order chi connectivity index (χ1) is 15.2. The van der Waals surface area contributed by atoms with E-state index in [1.54, 1.807) is 7.11 Å². The Labute approximate surface area is 192 Å². The molecule has 12 heteroatoms. The van der Waals surface area contributed by atoms with Gasteiger partial charge in [0.2, 0.25) is 15.9 Å². The molecule has 0 atom stereocenters. The number of ether oxygens (including phenoxy) is 2. The van der Waals surface area contributed by atoms with Crippen molar-refractivity contribution in [1.29, 1.82) is 0 Å². The van der Waals surface area contributed by atoms with E-state index in [-0.39, 0.29) is 28.6 Å². The van der Waals surface area contributed by atoms with Crippen LogP contribution in [0.1, 0.15) is 6.42 Å². The van der Waals surface area contributed by atoms with Gasteiger partial charge < -0.3 is 14.0 Å². The third-order valence-electron chi connectivity index (χ3n) is 4.36. The molecule has 0 aliphatic rings. The van der Waals surface area contributed by atoms with Gasteiger partial charge in [0.25, 0.3) is 0 Å². The highest BCUT2D eigenvalue weighted by molar-refractivity contribution is 7.99. The molecule has 3 rings (SSSR count). The Morgan fingerprint density at radius 3 is 2.50 bits per heavy atom. The number of aromatic nitrogens is 1. The van der Waals surface area contributed by atoms with Gasteiger partial charge in [0.1, 0.15) is 12.3 Å². The number of benzene rings is 2. The molecule has 0 saturated heterocycles. The first-order valence-electron chi connectivity index (χ1n) is 9.28. The van der Waals surface area contributed by atoms with Crippen molar-refractivity contribution in [3.05, 3.63) is 47.3 Å². The molecule has 9 nitrogen and oxygen atoms in total. The number of thioether (sulfide) groups is 1. The van der Waals surface area contributed by atoms with Gasteiger partial charge in [0, 0.05) is 17.1 Å². The average molecular weight is 496 g/mol. The zero-order valence-corrected chi connectivity index (χ0v) is 19.8. The SMILES string of the molecule is COC(=O)Cn1c(=NC(=O)CCSc2ccc(OC)cc2)sc2cc(S(N)(=O)=O)ccc21. The van der Waals surface area contributed by atoms with Gasteiger partial charge in [-0.25, -0.2) is 13.6 Å². The van der Waals surface area contributed by atoms with Crippen LogP contribution in [-0.2, 0) is 30.9 Å². The predicted octanol–water partition coefficient (Wildman–Crippen LogP) is 2.14. The summed E-state index contributed by atoms with van der Waals surface area (Å²) in [5.74, 6) is 0.393. The van der Waals surface area contributed by atoms with E-state index in [0.717, 1.165) is 22.0 Å². The van der Waals surface area contributed by atoms with Crippen molar-refractivity contribution in [2.45, 2.75) is 22.8 Å². The van der Waals surface area contributed by atoms with Gasteiger partial charge in [-0.2, -0.15) is 4.99 Å². The van der Waals surface area contributed by atoms with Crippen LogP contribution >= 0.6 is 23.1 Å². The molecule has 170 valence electrons. The average Bonchev–Trinajstić information content (AvgIpc) is 3.09. The fourth-order valence-electron chi connectivity index (χ4n) is 2.75. The van der Waals surface area contributed by atoms with Crippen molar-refractivity contribution in [3.63, 3.8) is 0 Å². The highest BCUT2D eigenvalue weighted by Gasteiger charge is 2.15. The number of primary sulfonamides is 1. The number of hydrogen-bond donors (Lipinski definition) is 1. The molecule has 0 bridgehead atoms. The summed E-state index contributed by atoms with van der Waals surface area (Å²) in [5.41, 5.74) is 0.548. The third-order valence-corrected chi connectivity index (χ3v) is 7.33. The summed E-state index contributed by atoms with van der Waals surface area (Å²) in [6.07, 6.45) is 0.186. The van der Waals surface area contributed by atoms with E-state index < -0.39 is 16.0 Å². The molecule has 0 radical (unpaired) electrons. The molecular formula is C20H21N3O6S3. The van der Waals surface area contributed by atoms with Crippen LogP contribution in [0.25, 0.3) is 10.2 Å². The lowest BCUT2D eigenvalue weighted by molar-refractivity contribution is -0.141. The summed E-state index contributed by atoms with van der Waals surface area (Å²) >= 11 is 2.61. The smallest absolute Gasteiger partial charge is 0.325 e. The molecule has 2 aromatic carbocycles. The van der Waals surface area contributed by atoms with Gasteiger partial charge in [-0.1, -0.05) is 11.3 Å². The summed E-state index contributed by atoms with van der Waals surface area (Å²) in [6, 6.07) is 11.8. The van der Waals surface area contributed by atoms with Crippen LogP contribution in [-0.4, -0.2) is 44.8 Å². The van der Waals surface area contributed by atoms with E-state index in [4.69, 9.17) is 14.6 Å². The number of carbonyl (C=O) groups is 2. The normalized spacial score (nSPS) is 12.2. The number of hydrogen-bond acceptors (Lipinski definition) is 8. The summed E-state index contributed by atoms with van der Waals surface area (Å²) in [7, 11) is -1.04. The van der Waals surface area contributed by atoms with Crippen molar-refractivity contribution >= 4 is 55.2 Å². The molecule has 0 saturated carbocycles. The van der Waals surface area contributed by atoms with Gasteiger partial charge >= 0.3 is 5.97 Å². The molecule has 0 spiro atoms. The number of amides is 1. The minimum atomic E-state index is -3.89. The van der Waals surface area contributed by atoms with Crippen LogP contribution in [0.15, 0.2) is 57.2 Å². The van der Waals surface area contributed by atoms with Crippen molar-refractivity contribution in [2.75, 3.05) is 20.0 Å². The highest BCUT2D eigenvalue weighted by atomic mass is 32.2.